The normalized spacial score (nSPS) is 12.3. The van der Waals surface area contributed by atoms with Gasteiger partial charge in [0, 0.05) is 24.5 Å². The molecule has 2 rings (SSSR count). The number of carbonyl (C=O) groups is 1. The lowest BCUT2D eigenvalue weighted by atomic mass is 10.2. The first-order valence-corrected chi connectivity index (χ1v) is 5.72. The standard InChI is InChI=1S/C12H12ClN3O2/c13-8-3-4-11(15-7-8)16-5-1-2-9(16)6-10(14)12(17)18/h1-5,7,10H,6,14H2,(H,17,18). The van der Waals surface area contributed by atoms with E-state index in [1.165, 1.54) is 6.20 Å². The topological polar surface area (TPSA) is 81.1 Å². The summed E-state index contributed by atoms with van der Waals surface area (Å²) in [6, 6.07) is 6.20. The molecule has 0 radical (unpaired) electrons. The lowest BCUT2D eigenvalue weighted by molar-refractivity contribution is -0.138. The Morgan fingerprint density at radius 1 is 1.50 bits per heavy atom. The third-order valence-corrected chi connectivity index (χ3v) is 2.76. The minimum Gasteiger partial charge on any atom is -0.480 e. The van der Waals surface area contributed by atoms with Crippen LogP contribution in [-0.2, 0) is 11.2 Å². The van der Waals surface area contributed by atoms with Crippen molar-refractivity contribution in [3.05, 3.63) is 47.4 Å². The zero-order valence-corrected chi connectivity index (χ0v) is 10.2. The van der Waals surface area contributed by atoms with E-state index < -0.39 is 12.0 Å². The van der Waals surface area contributed by atoms with Crippen LogP contribution in [0.1, 0.15) is 5.69 Å². The molecule has 6 heteroatoms. The lowest BCUT2D eigenvalue weighted by Gasteiger charge is -2.10. The summed E-state index contributed by atoms with van der Waals surface area (Å²) in [4.78, 5) is 14.9. The van der Waals surface area contributed by atoms with Crippen LogP contribution in [0.5, 0.6) is 0 Å². The second-order valence-corrected chi connectivity index (χ2v) is 4.29. The van der Waals surface area contributed by atoms with E-state index in [2.05, 4.69) is 4.98 Å². The van der Waals surface area contributed by atoms with Gasteiger partial charge in [0.2, 0.25) is 0 Å². The van der Waals surface area contributed by atoms with Gasteiger partial charge in [0.25, 0.3) is 0 Å². The summed E-state index contributed by atoms with van der Waals surface area (Å²) < 4.78 is 1.79. The Morgan fingerprint density at radius 3 is 2.89 bits per heavy atom. The number of halogens is 1. The number of pyridine rings is 1. The highest BCUT2D eigenvalue weighted by Crippen LogP contribution is 2.14. The molecule has 94 valence electrons. The Labute approximate surface area is 109 Å². The second-order valence-electron chi connectivity index (χ2n) is 3.85. The molecule has 0 aliphatic rings. The Bertz CT molecular complexity index is 551. The number of nitrogens with two attached hydrogens (primary N) is 1. The van der Waals surface area contributed by atoms with Crippen LogP contribution in [0, 0.1) is 0 Å². The van der Waals surface area contributed by atoms with Crippen LogP contribution in [0.4, 0.5) is 0 Å². The van der Waals surface area contributed by atoms with Crippen LogP contribution in [0.2, 0.25) is 5.02 Å². The predicted molar refractivity (Wildman–Crippen MR) is 67.9 cm³/mol. The summed E-state index contributed by atoms with van der Waals surface area (Å²) in [5.74, 6) is -0.344. The van der Waals surface area contributed by atoms with E-state index >= 15 is 0 Å². The highest BCUT2D eigenvalue weighted by atomic mass is 35.5. The Morgan fingerprint density at radius 2 is 2.28 bits per heavy atom. The summed E-state index contributed by atoms with van der Waals surface area (Å²) in [5.41, 5.74) is 6.32. The smallest absolute Gasteiger partial charge is 0.320 e. The Hall–Kier alpha value is -1.85. The molecule has 5 nitrogen and oxygen atoms in total. The van der Waals surface area contributed by atoms with Crippen molar-refractivity contribution in [2.75, 3.05) is 0 Å². The first-order valence-electron chi connectivity index (χ1n) is 5.34. The van der Waals surface area contributed by atoms with E-state index in [4.69, 9.17) is 22.4 Å². The zero-order valence-electron chi connectivity index (χ0n) is 9.45. The molecule has 0 saturated heterocycles. The molecule has 0 bridgehead atoms. The van der Waals surface area contributed by atoms with Gasteiger partial charge < -0.3 is 15.4 Å². The van der Waals surface area contributed by atoms with E-state index in [0.717, 1.165) is 5.69 Å². The van der Waals surface area contributed by atoms with Crippen molar-refractivity contribution in [3.63, 3.8) is 0 Å². The fourth-order valence-corrected chi connectivity index (χ4v) is 1.74. The van der Waals surface area contributed by atoms with Gasteiger partial charge in [-0.2, -0.15) is 0 Å². The number of hydrogen-bond acceptors (Lipinski definition) is 3. The maximum absolute atomic E-state index is 10.8. The van der Waals surface area contributed by atoms with E-state index in [9.17, 15) is 4.79 Å². The molecule has 1 atom stereocenters. The number of aliphatic carboxylic acids is 1. The third kappa shape index (κ3) is 2.69. The highest BCUT2D eigenvalue weighted by Gasteiger charge is 2.15. The molecule has 0 amide bonds. The fraction of sp³-hybridized carbons (Fsp3) is 0.167. The molecule has 3 N–H and O–H groups in total. The number of carboxylic acid groups (broad SMARTS) is 1. The van der Waals surface area contributed by atoms with Crippen molar-refractivity contribution in [3.8, 4) is 5.82 Å². The molecule has 0 saturated carbocycles. The minimum absolute atomic E-state index is 0.243. The van der Waals surface area contributed by atoms with Crippen molar-refractivity contribution < 1.29 is 9.90 Å². The van der Waals surface area contributed by atoms with Gasteiger partial charge in [-0.1, -0.05) is 11.6 Å². The average Bonchev–Trinajstić information content (AvgIpc) is 2.78. The van der Waals surface area contributed by atoms with Gasteiger partial charge in [0.15, 0.2) is 0 Å². The van der Waals surface area contributed by atoms with Gasteiger partial charge in [0.05, 0.1) is 5.02 Å². The number of nitrogens with zero attached hydrogens (tertiary/aromatic N) is 2. The molecule has 0 aliphatic carbocycles. The van der Waals surface area contributed by atoms with Crippen LogP contribution in [0.15, 0.2) is 36.7 Å². The highest BCUT2D eigenvalue weighted by molar-refractivity contribution is 6.30. The fourth-order valence-electron chi connectivity index (χ4n) is 1.63. The van der Waals surface area contributed by atoms with Crippen LogP contribution >= 0.6 is 11.6 Å². The van der Waals surface area contributed by atoms with Crippen molar-refractivity contribution in [2.24, 2.45) is 5.73 Å². The van der Waals surface area contributed by atoms with Crippen molar-refractivity contribution in [2.45, 2.75) is 12.5 Å². The Balaban J connectivity index is 2.27. The van der Waals surface area contributed by atoms with Gasteiger partial charge in [-0.05, 0) is 24.3 Å². The van der Waals surface area contributed by atoms with Crippen LogP contribution in [0.25, 0.3) is 5.82 Å². The lowest BCUT2D eigenvalue weighted by Crippen LogP contribution is -2.32. The van der Waals surface area contributed by atoms with E-state index in [0.29, 0.717) is 10.8 Å². The monoisotopic (exact) mass is 265 g/mol. The van der Waals surface area contributed by atoms with Crippen molar-refractivity contribution in [1.82, 2.24) is 9.55 Å². The summed E-state index contributed by atoms with van der Waals surface area (Å²) in [7, 11) is 0. The molecule has 2 aromatic heterocycles. The van der Waals surface area contributed by atoms with Crippen LogP contribution in [0.3, 0.4) is 0 Å². The summed E-state index contributed by atoms with van der Waals surface area (Å²) >= 11 is 5.77. The van der Waals surface area contributed by atoms with E-state index in [1.54, 1.807) is 22.9 Å². The van der Waals surface area contributed by atoms with Crippen molar-refractivity contribution in [1.29, 1.82) is 0 Å². The maximum Gasteiger partial charge on any atom is 0.320 e. The van der Waals surface area contributed by atoms with Gasteiger partial charge in [-0.25, -0.2) is 4.98 Å². The molecule has 0 spiro atoms. The minimum atomic E-state index is -1.02. The van der Waals surface area contributed by atoms with Gasteiger partial charge in [-0.15, -0.1) is 0 Å². The number of carboxylic acids is 1. The predicted octanol–water partition coefficient (Wildman–Crippen LogP) is 1.48. The van der Waals surface area contributed by atoms with Gasteiger partial charge in [-0.3, -0.25) is 4.79 Å². The molecule has 18 heavy (non-hydrogen) atoms. The number of aromatic nitrogens is 2. The molecular formula is C12H12ClN3O2. The van der Waals surface area contributed by atoms with E-state index in [1.807, 2.05) is 12.1 Å². The number of rotatable bonds is 4. The first kappa shape index (κ1) is 12.6. The molecule has 0 aromatic carbocycles. The second kappa shape index (κ2) is 5.20. The summed E-state index contributed by atoms with van der Waals surface area (Å²) in [6.45, 7) is 0. The molecule has 2 heterocycles. The molecule has 0 aliphatic heterocycles. The molecular weight excluding hydrogens is 254 g/mol. The average molecular weight is 266 g/mol. The first-order chi connectivity index (χ1) is 8.58. The summed E-state index contributed by atoms with van der Waals surface area (Å²) in [5, 5.41) is 9.36. The molecule has 0 fully saturated rings. The summed E-state index contributed by atoms with van der Waals surface area (Å²) in [6.07, 6.45) is 3.59. The largest absolute Gasteiger partial charge is 0.480 e. The third-order valence-electron chi connectivity index (χ3n) is 2.54. The SMILES string of the molecule is NC(Cc1cccn1-c1ccc(Cl)cn1)C(=O)O. The van der Waals surface area contributed by atoms with Crippen molar-refractivity contribution >= 4 is 17.6 Å². The molecule has 2 aromatic rings. The zero-order chi connectivity index (χ0) is 13.1. The quantitative estimate of drug-likeness (QED) is 0.877. The maximum atomic E-state index is 10.8. The Kier molecular flexibility index (Phi) is 3.64. The number of hydrogen-bond donors (Lipinski definition) is 2. The molecule has 1 unspecified atom stereocenters. The van der Waals surface area contributed by atoms with Crippen LogP contribution < -0.4 is 5.73 Å². The van der Waals surface area contributed by atoms with Gasteiger partial charge >= 0.3 is 5.97 Å². The van der Waals surface area contributed by atoms with Gasteiger partial charge in [0.1, 0.15) is 11.9 Å². The van der Waals surface area contributed by atoms with Crippen LogP contribution in [-0.4, -0.2) is 26.7 Å². The van der Waals surface area contributed by atoms with E-state index in [-0.39, 0.29) is 6.42 Å².